The Morgan fingerprint density at radius 1 is 0.844 bits per heavy atom. The third kappa shape index (κ3) is 3.28. The van der Waals surface area contributed by atoms with Crippen LogP contribution in [0.4, 0.5) is 5.69 Å². The van der Waals surface area contributed by atoms with E-state index in [4.69, 9.17) is 4.74 Å². The molecule has 1 aliphatic heterocycles. The van der Waals surface area contributed by atoms with Crippen LogP contribution in [0.25, 0.3) is 22.5 Å². The van der Waals surface area contributed by atoms with Crippen molar-refractivity contribution >= 4 is 34.2 Å². The molecule has 0 radical (unpaired) electrons. The fourth-order valence-electron chi connectivity index (χ4n) is 4.49. The van der Waals surface area contributed by atoms with Gasteiger partial charge >= 0.3 is 5.97 Å². The first-order chi connectivity index (χ1) is 15.7. The topological polar surface area (TPSA) is 29.5 Å². The first-order valence-corrected chi connectivity index (χ1v) is 10.6. The van der Waals surface area contributed by atoms with Gasteiger partial charge in [0.15, 0.2) is 0 Å². The second kappa shape index (κ2) is 8.20. The van der Waals surface area contributed by atoms with E-state index in [1.165, 1.54) is 7.11 Å². The van der Waals surface area contributed by atoms with Gasteiger partial charge in [-0.2, -0.15) is 0 Å². The molecule has 3 heteroatoms. The number of benzene rings is 4. The van der Waals surface area contributed by atoms with E-state index in [2.05, 4.69) is 72.2 Å². The molecule has 0 aliphatic carbocycles. The number of nitrogens with zero attached hydrogens (tertiary/aromatic N) is 1. The molecule has 5 rings (SSSR count). The summed E-state index contributed by atoms with van der Waals surface area (Å²) < 4.78 is 5.11. The summed E-state index contributed by atoms with van der Waals surface area (Å²) >= 11 is 0. The molecule has 1 heterocycles. The summed E-state index contributed by atoms with van der Waals surface area (Å²) in [5.41, 5.74) is 5.58. The van der Waals surface area contributed by atoms with Gasteiger partial charge in [0.05, 0.1) is 18.7 Å². The lowest BCUT2D eigenvalue weighted by atomic mass is 9.87. The smallest absolute Gasteiger partial charge is 0.335 e. The predicted octanol–water partition coefficient (Wildman–Crippen LogP) is 6.63. The molecule has 1 unspecified atom stereocenters. The minimum absolute atomic E-state index is 0.398. The summed E-state index contributed by atoms with van der Waals surface area (Å²) in [4.78, 5) is 15.0. The Labute approximate surface area is 187 Å². The highest BCUT2D eigenvalue weighted by molar-refractivity contribution is 6.04. The summed E-state index contributed by atoms with van der Waals surface area (Å²) in [5, 5.41) is 2.25. The van der Waals surface area contributed by atoms with Crippen molar-refractivity contribution in [3.8, 4) is 0 Å². The maximum Gasteiger partial charge on any atom is 0.335 e. The zero-order chi connectivity index (χ0) is 22.1. The lowest BCUT2D eigenvalue weighted by Crippen LogP contribution is -2.34. The van der Waals surface area contributed by atoms with Crippen LogP contribution in [-0.4, -0.2) is 13.1 Å². The molecule has 0 N–H and O–H groups in total. The standard InChI is InChI=1S/C29H23NO2/c1-20(29(31)32-2)28-25-17-9-7-14-23(25)19-27(22-12-4-3-5-13-22)30(28)26-18-10-15-21-11-6-8-16-24(21)26/h3-19,28H,1H2,2H3. The van der Waals surface area contributed by atoms with Crippen LogP contribution in [-0.2, 0) is 9.53 Å². The molecule has 1 atom stereocenters. The lowest BCUT2D eigenvalue weighted by Gasteiger charge is -2.40. The Kier molecular flexibility index (Phi) is 5.08. The van der Waals surface area contributed by atoms with Crippen LogP contribution >= 0.6 is 0 Å². The predicted molar refractivity (Wildman–Crippen MR) is 131 cm³/mol. The lowest BCUT2D eigenvalue weighted by molar-refractivity contribution is -0.136. The van der Waals surface area contributed by atoms with Gasteiger partial charge in [-0.3, -0.25) is 0 Å². The number of anilines is 1. The zero-order valence-corrected chi connectivity index (χ0v) is 17.9. The summed E-state index contributed by atoms with van der Waals surface area (Å²) in [6.07, 6.45) is 2.19. The van der Waals surface area contributed by atoms with E-state index in [0.717, 1.165) is 38.8 Å². The molecule has 0 saturated heterocycles. The highest BCUT2D eigenvalue weighted by Gasteiger charge is 2.35. The van der Waals surface area contributed by atoms with Gasteiger partial charge in [-0.15, -0.1) is 0 Å². The minimum Gasteiger partial charge on any atom is -0.466 e. The Balaban J connectivity index is 1.83. The number of fused-ring (bicyclic) bond motifs is 2. The highest BCUT2D eigenvalue weighted by atomic mass is 16.5. The van der Waals surface area contributed by atoms with Gasteiger partial charge in [0.25, 0.3) is 0 Å². The first kappa shape index (κ1) is 19.8. The minimum atomic E-state index is -0.413. The van der Waals surface area contributed by atoms with E-state index in [1.54, 1.807) is 0 Å². The van der Waals surface area contributed by atoms with E-state index in [1.807, 2.05) is 42.5 Å². The number of rotatable bonds is 4. The fourth-order valence-corrected chi connectivity index (χ4v) is 4.49. The summed E-state index contributed by atoms with van der Waals surface area (Å²) in [6.45, 7) is 4.19. The zero-order valence-electron chi connectivity index (χ0n) is 17.9. The molecule has 0 fully saturated rings. The summed E-state index contributed by atoms with van der Waals surface area (Å²) in [6, 6.07) is 32.6. The van der Waals surface area contributed by atoms with Gasteiger partial charge in [-0.1, -0.05) is 97.6 Å². The van der Waals surface area contributed by atoms with Gasteiger partial charge < -0.3 is 9.64 Å². The van der Waals surface area contributed by atoms with Crippen molar-refractivity contribution in [1.29, 1.82) is 0 Å². The van der Waals surface area contributed by atoms with Crippen molar-refractivity contribution in [3.05, 3.63) is 126 Å². The Morgan fingerprint density at radius 3 is 2.34 bits per heavy atom. The molecule has 32 heavy (non-hydrogen) atoms. The van der Waals surface area contributed by atoms with Crippen molar-refractivity contribution in [1.82, 2.24) is 0 Å². The molecule has 0 spiro atoms. The number of carbonyl (C=O) groups is 1. The SMILES string of the molecule is C=C(C(=O)OC)C1c2ccccc2C=C(c2ccccc2)N1c1cccc2ccccc12. The normalized spacial score (nSPS) is 15.1. The maximum absolute atomic E-state index is 12.7. The molecule has 156 valence electrons. The van der Waals surface area contributed by atoms with Crippen LogP contribution in [0.1, 0.15) is 22.7 Å². The van der Waals surface area contributed by atoms with Crippen molar-refractivity contribution in [2.45, 2.75) is 6.04 Å². The van der Waals surface area contributed by atoms with E-state index in [9.17, 15) is 4.79 Å². The van der Waals surface area contributed by atoms with E-state index < -0.39 is 12.0 Å². The number of carbonyl (C=O) groups excluding carboxylic acids is 1. The van der Waals surface area contributed by atoms with Crippen LogP contribution in [0.2, 0.25) is 0 Å². The first-order valence-electron chi connectivity index (χ1n) is 10.6. The second-order valence-corrected chi connectivity index (χ2v) is 7.81. The molecule has 1 aliphatic rings. The number of ether oxygens (including phenoxy) is 1. The molecule has 0 saturated carbocycles. The molecule has 0 bridgehead atoms. The van der Waals surface area contributed by atoms with Gasteiger partial charge in [-0.25, -0.2) is 4.79 Å². The van der Waals surface area contributed by atoms with Crippen molar-refractivity contribution in [2.75, 3.05) is 12.0 Å². The van der Waals surface area contributed by atoms with Gasteiger partial charge in [0.2, 0.25) is 0 Å². The third-order valence-corrected chi connectivity index (χ3v) is 5.97. The highest BCUT2D eigenvalue weighted by Crippen LogP contribution is 2.46. The monoisotopic (exact) mass is 417 g/mol. The van der Waals surface area contributed by atoms with Gasteiger partial charge in [0, 0.05) is 16.8 Å². The Bertz CT molecular complexity index is 1350. The average Bonchev–Trinajstić information content (AvgIpc) is 2.87. The number of esters is 1. The second-order valence-electron chi connectivity index (χ2n) is 7.81. The van der Waals surface area contributed by atoms with Crippen LogP contribution in [0.3, 0.4) is 0 Å². The Hall–Kier alpha value is -4.11. The fraction of sp³-hybridized carbons (Fsp3) is 0.0690. The number of hydrogen-bond donors (Lipinski definition) is 0. The molecule has 3 nitrogen and oxygen atoms in total. The van der Waals surface area contributed by atoms with E-state index in [-0.39, 0.29) is 0 Å². The van der Waals surface area contributed by atoms with Crippen molar-refractivity contribution < 1.29 is 9.53 Å². The maximum atomic E-state index is 12.7. The molecular formula is C29H23NO2. The van der Waals surface area contributed by atoms with Gasteiger partial charge in [-0.05, 0) is 34.2 Å². The van der Waals surface area contributed by atoms with Crippen LogP contribution < -0.4 is 4.90 Å². The van der Waals surface area contributed by atoms with Crippen molar-refractivity contribution in [2.24, 2.45) is 0 Å². The molecular weight excluding hydrogens is 394 g/mol. The molecule has 0 aromatic heterocycles. The van der Waals surface area contributed by atoms with E-state index in [0.29, 0.717) is 5.57 Å². The van der Waals surface area contributed by atoms with E-state index >= 15 is 0 Å². The molecule has 0 amide bonds. The van der Waals surface area contributed by atoms with Crippen molar-refractivity contribution in [3.63, 3.8) is 0 Å². The quantitative estimate of drug-likeness (QED) is 0.276. The summed E-state index contributed by atoms with van der Waals surface area (Å²) in [5.74, 6) is -0.413. The Morgan fingerprint density at radius 2 is 1.53 bits per heavy atom. The number of hydrogen-bond acceptors (Lipinski definition) is 3. The number of methoxy groups -OCH3 is 1. The van der Waals surface area contributed by atoms with Crippen LogP contribution in [0, 0.1) is 0 Å². The van der Waals surface area contributed by atoms with Crippen LogP contribution in [0.5, 0.6) is 0 Å². The third-order valence-electron chi connectivity index (χ3n) is 5.97. The largest absolute Gasteiger partial charge is 0.466 e. The summed E-state index contributed by atoms with van der Waals surface area (Å²) in [7, 11) is 1.40. The average molecular weight is 418 g/mol. The molecule has 4 aromatic rings. The van der Waals surface area contributed by atoms with Crippen LogP contribution in [0.15, 0.2) is 109 Å². The molecule has 4 aromatic carbocycles. The van der Waals surface area contributed by atoms with Gasteiger partial charge in [0.1, 0.15) is 0 Å².